The van der Waals surface area contributed by atoms with Crippen molar-refractivity contribution < 1.29 is 4.74 Å². The Morgan fingerprint density at radius 1 is 1.03 bits per heavy atom. The molecule has 2 saturated heterocycles. The third-order valence-corrected chi connectivity index (χ3v) is 8.05. The minimum atomic E-state index is 0.708. The second-order valence-corrected chi connectivity index (χ2v) is 10.5. The first-order valence-corrected chi connectivity index (χ1v) is 13.5. The number of piperidine rings is 1. The van der Waals surface area contributed by atoms with Gasteiger partial charge in [0, 0.05) is 42.3 Å². The number of hydrogen-bond donors (Lipinski definition) is 1. The van der Waals surface area contributed by atoms with E-state index in [-0.39, 0.29) is 0 Å². The highest BCUT2D eigenvalue weighted by atomic mass is 16.5. The van der Waals surface area contributed by atoms with Crippen LogP contribution in [0.4, 0.5) is 5.82 Å². The lowest BCUT2D eigenvalue weighted by molar-refractivity contribution is 0.122. The average Bonchev–Trinajstić information content (AvgIpc) is 3.50. The van der Waals surface area contributed by atoms with Crippen LogP contribution < -0.4 is 4.90 Å². The summed E-state index contributed by atoms with van der Waals surface area (Å²) in [7, 11) is 0. The number of fused-ring (bicyclic) bond motifs is 2. The Kier molecular flexibility index (Phi) is 6.39. The number of benzene rings is 1. The van der Waals surface area contributed by atoms with Crippen LogP contribution in [0.25, 0.3) is 33.5 Å². The summed E-state index contributed by atoms with van der Waals surface area (Å²) < 4.78 is 7.95. The van der Waals surface area contributed by atoms with Crippen LogP contribution >= 0.6 is 0 Å². The summed E-state index contributed by atoms with van der Waals surface area (Å²) >= 11 is 0. The molecule has 5 heterocycles. The lowest BCUT2D eigenvalue weighted by atomic mass is 9.87. The SMILES string of the molecule is CCn1c(CN2CCC(C(C)C)CC2)nc2c(N3CCOCC3)nc(-c3c[nH]c4ccccc34)nc21. The second-order valence-electron chi connectivity index (χ2n) is 10.5. The zero-order valence-electron chi connectivity index (χ0n) is 21.7. The highest BCUT2D eigenvalue weighted by Crippen LogP contribution is 2.33. The van der Waals surface area contributed by atoms with E-state index in [1.807, 2.05) is 12.3 Å². The van der Waals surface area contributed by atoms with E-state index in [4.69, 9.17) is 19.7 Å². The fourth-order valence-corrected chi connectivity index (χ4v) is 5.83. The monoisotopic (exact) mass is 487 g/mol. The van der Waals surface area contributed by atoms with Crippen molar-refractivity contribution in [2.24, 2.45) is 11.8 Å². The molecule has 4 aromatic rings. The van der Waals surface area contributed by atoms with Gasteiger partial charge in [0.05, 0.1) is 19.8 Å². The average molecular weight is 488 g/mol. The molecule has 8 nitrogen and oxygen atoms in total. The van der Waals surface area contributed by atoms with Gasteiger partial charge in [-0.05, 0) is 50.8 Å². The molecule has 0 bridgehead atoms. The summed E-state index contributed by atoms with van der Waals surface area (Å²) in [6, 6.07) is 8.34. The number of rotatable bonds is 6. The minimum absolute atomic E-state index is 0.708. The van der Waals surface area contributed by atoms with Crippen molar-refractivity contribution in [2.45, 2.75) is 46.7 Å². The van der Waals surface area contributed by atoms with Crippen LogP contribution in [0.5, 0.6) is 0 Å². The quantitative estimate of drug-likeness (QED) is 0.425. The van der Waals surface area contributed by atoms with Crippen LogP contribution in [0.3, 0.4) is 0 Å². The highest BCUT2D eigenvalue weighted by Gasteiger charge is 2.26. The van der Waals surface area contributed by atoms with Crippen LogP contribution in [-0.2, 0) is 17.8 Å². The standard InChI is InChI=1S/C28H37N7O/c1-4-35-24(18-33-11-9-20(10-12-33)19(2)3)30-25-27(34-13-15-36-16-14-34)31-26(32-28(25)35)22-17-29-23-8-6-5-7-21(22)23/h5-8,17,19-20,29H,4,9-16,18H2,1-3H3. The van der Waals surface area contributed by atoms with Gasteiger partial charge in [-0.25, -0.2) is 15.0 Å². The van der Waals surface area contributed by atoms with Crippen LogP contribution in [0.2, 0.25) is 0 Å². The van der Waals surface area contributed by atoms with E-state index < -0.39 is 0 Å². The number of imidazole rings is 1. The van der Waals surface area contributed by atoms with E-state index in [1.54, 1.807) is 0 Å². The Morgan fingerprint density at radius 3 is 2.56 bits per heavy atom. The molecule has 0 spiro atoms. The smallest absolute Gasteiger partial charge is 0.166 e. The largest absolute Gasteiger partial charge is 0.378 e. The molecule has 2 fully saturated rings. The van der Waals surface area contributed by atoms with Gasteiger partial charge in [-0.15, -0.1) is 0 Å². The molecule has 0 amide bonds. The molecule has 0 unspecified atom stereocenters. The molecular weight excluding hydrogens is 450 g/mol. The van der Waals surface area contributed by atoms with E-state index in [9.17, 15) is 0 Å². The molecular formula is C28H37N7O. The van der Waals surface area contributed by atoms with Gasteiger partial charge in [0.2, 0.25) is 0 Å². The van der Waals surface area contributed by atoms with Gasteiger partial charge in [-0.2, -0.15) is 0 Å². The number of H-pyrrole nitrogens is 1. The summed E-state index contributed by atoms with van der Waals surface area (Å²) in [5.41, 5.74) is 3.97. The summed E-state index contributed by atoms with van der Waals surface area (Å²) in [4.78, 5) is 23.7. The molecule has 8 heteroatoms. The van der Waals surface area contributed by atoms with E-state index in [0.29, 0.717) is 13.2 Å². The van der Waals surface area contributed by atoms with Crippen LogP contribution in [0.15, 0.2) is 30.5 Å². The molecule has 2 aliphatic heterocycles. The number of aromatic nitrogens is 5. The minimum Gasteiger partial charge on any atom is -0.378 e. The molecule has 0 saturated carbocycles. The number of para-hydroxylation sites is 1. The first kappa shape index (κ1) is 23.4. The first-order chi connectivity index (χ1) is 17.6. The fourth-order valence-electron chi connectivity index (χ4n) is 5.83. The van der Waals surface area contributed by atoms with Crippen molar-refractivity contribution in [2.75, 3.05) is 44.3 Å². The van der Waals surface area contributed by atoms with Crippen molar-refractivity contribution in [3.05, 3.63) is 36.3 Å². The molecule has 3 aromatic heterocycles. The number of hydrogen-bond acceptors (Lipinski definition) is 6. The normalized spacial score (nSPS) is 18.2. The maximum Gasteiger partial charge on any atom is 0.166 e. The fraction of sp³-hybridized carbons (Fsp3) is 0.536. The van der Waals surface area contributed by atoms with Crippen molar-refractivity contribution in [1.82, 2.24) is 29.4 Å². The zero-order valence-corrected chi connectivity index (χ0v) is 21.7. The topological polar surface area (TPSA) is 75.1 Å². The third-order valence-electron chi connectivity index (χ3n) is 8.05. The molecule has 1 aromatic carbocycles. The second kappa shape index (κ2) is 9.82. The van der Waals surface area contributed by atoms with Crippen molar-refractivity contribution in [1.29, 1.82) is 0 Å². The number of morpholine rings is 1. The Bertz CT molecular complexity index is 1340. The van der Waals surface area contributed by atoms with E-state index in [1.165, 1.54) is 12.8 Å². The molecule has 0 atom stereocenters. The Balaban J connectivity index is 1.43. The van der Waals surface area contributed by atoms with Crippen molar-refractivity contribution in [3.8, 4) is 11.4 Å². The van der Waals surface area contributed by atoms with Gasteiger partial charge >= 0.3 is 0 Å². The molecule has 36 heavy (non-hydrogen) atoms. The van der Waals surface area contributed by atoms with Crippen molar-refractivity contribution >= 4 is 27.9 Å². The van der Waals surface area contributed by atoms with E-state index in [2.05, 4.69) is 58.3 Å². The lowest BCUT2D eigenvalue weighted by Crippen LogP contribution is -2.37. The Hall–Kier alpha value is -2.97. The number of anilines is 1. The van der Waals surface area contributed by atoms with Gasteiger partial charge in [-0.3, -0.25) is 4.90 Å². The number of likely N-dealkylation sites (tertiary alicyclic amines) is 1. The van der Waals surface area contributed by atoms with E-state index >= 15 is 0 Å². The molecule has 0 radical (unpaired) electrons. The summed E-state index contributed by atoms with van der Waals surface area (Å²) in [5, 5.41) is 1.14. The number of aryl methyl sites for hydroxylation is 1. The number of ether oxygens (including phenoxy) is 1. The number of nitrogens with one attached hydrogen (secondary N) is 1. The van der Waals surface area contributed by atoms with Crippen molar-refractivity contribution in [3.63, 3.8) is 0 Å². The summed E-state index contributed by atoms with van der Waals surface area (Å²) in [5.74, 6) is 4.37. The first-order valence-electron chi connectivity index (χ1n) is 13.5. The lowest BCUT2D eigenvalue weighted by Gasteiger charge is -2.33. The predicted octanol–water partition coefficient (Wildman–Crippen LogP) is 4.70. The number of aromatic amines is 1. The van der Waals surface area contributed by atoms with Gasteiger partial charge in [0.25, 0.3) is 0 Å². The molecule has 2 aliphatic rings. The Morgan fingerprint density at radius 2 is 1.81 bits per heavy atom. The van der Waals surface area contributed by atoms with Gasteiger partial charge < -0.3 is 19.2 Å². The van der Waals surface area contributed by atoms with Crippen LogP contribution in [0, 0.1) is 11.8 Å². The molecule has 190 valence electrons. The van der Waals surface area contributed by atoms with Gasteiger partial charge in [0.1, 0.15) is 5.82 Å². The van der Waals surface area contributed by atoms with Crippen LogP contribution in [0.1, 0.15) is 39.4 Å². The number of nitrogens with zero attached hydrogens (tertiary/aromatic N) is 6. The third kappa shape index (κ3) is 4.26. The zero-order chi connectivity index (χ0) is 24.6. The summed E-state index contributed by atoms with van der Waals surface area (Å²) in [6.07, 6.45) is 4.57. The van der Waals surface area contributed by atoms with Crippen LogP contribution in [-0.4, -0.2) is 68.8 Å². The molecule has 1 N–H and O–H groups in total. The molecule has 6 rings (SSSR count). The Labute approximate surface area is 212 Å². The molecule has 0 aliphatic carbocycles. The van der Waals surface area contributed by atoms with Gasteiger partial charge in [-0.1, -0.05) is 32.0 Å². The predicted molar refractivity (Wildman–Crippen MR) is 144 cm³/mol. The highest BCUT2D eigenvalue weighted by molar-refractivity contribution is 5.95. The van der Waals surface area contributed by atoms with E-state index in [0.717, 1.165) is 96.2 Å². The van der Waals surface area contributed by atoms with Gasteiger partial charge in [0.15, 0.2) is 22.8 Å². The maximum absolute atomic E-state index is 5.65. The maximum atomic E-state index is 5.65. The summed E-state index contributed by atoms with van der Waals surface area (Å²) in [6.45, 7) is 13.9.